The minimum atomic E-state index is -6.59. The number of ether oxygens (including phenoxy) is 2. The standard InChI is InChI=1S/C22H32N10O19P4.4Na/c1-23-17-11-19(27-5-25-17)31(7-29-11)21-15(35)13(33)9(47-21)3-45-52(37,38)49-54(41,42)51-55(43,44)50-53(39,40)46-4-10-14(34)16(36)22(48-10)32-8-30-12-18(24-2)26-6-28-20(12)32;;;;/h5-10,13-16,21-22,33-36H,3-4H2,1-2H3,(H,37,38)(H,39,40)(H,41,42)(H,43,44)(H,23,25,27)(H,24,26,28);;;;/q;4*+1/p-4/t9-,10-,13-,14-,15-,16-,21-,22-;;;;/m1..../s1. The van der Waals surface area contributed by atoms with E-state index in [4.69, 9.17) is 9.47 Å². The van der Waals surface area contributed by atoms with Crippen molar-refractivity contribution in [2.24, 2.45) is 0 Å². The fraction of sp³-hybridized carbons (Fsp3) is 0.545. The van der Waals surface area contributed by atoms with Crippen LogP contribution in [0.25, 0.3) is 22.3 Å². The average Bonchev–Trinajstić information content (AvgIpc) is 3.86. The van der Waals surface area contributed by atoms with E-state index >= 15 is 0 Å². The number of rotatable bonds is 16. The maximum atomic E-state index is 12.3. The van der Waals surface area contributed by atoms with E-state index in [-0.39, 0.29) is 141 Å². The minimum absolute atomic E-state index is 0. The third-order valence-electron chi connectivity index (χ3n) is 7.81. The van der Waals surface area contributed by atoms with Gasteiger partial charge in [0.15, 0.2) is 35.4 Å². The van der Waals surface area contributed by atoms with E-state index in [0.717, 1.165) is 12.7 Å². The summed E-state index contributed by atoms with van der Waals surface area (Å²) in [5, 5.41) is 47.5. The fourth-order valence-corrected chi connectivity index (χ4v) is 10.2. The molecule has 0 aliphatic carbocycles. The van der Waals surface area contributed by atoms with Crippen molar-refractivity contribution in [3.8, 4) is 0 Å². The first-order valence-corrected chi connectivity index (χ1v) is 21.0. The van der Waals surface area contributed by atoms with Crippen molar-refractivity contribution in [3.63, 3.8) is 0 Å². The van der Waals surface area contributed by atoms with Gasteiger partial charge < -0.3 is 69.2 Å². The van der Waals surface area contributed by atoms with Crippen LogP contribution in [0.1, 0.15) is 12.5 Å². The summed E-state index contributed by atoms with van der Waals surface area (Å²) in [6.07, 6.45) is -8.66. The number of aromatic nitrogens is 8. The summed E-state index contributed by atoms with van der Waals surface area (Å²) in [6, 6.07) is 0. The number of hydrogen-bond acceptors (Lipinski definition) is 27. The number of phosphoric ester groups is 2. The Hall–Kier alpha value is 1.02. The first kappa shape index (κ1) is 56.2. The van der Waals surface area contributed by atoms with E-state index in [2.05, 4.69) is 62.5 Å². The molecule has 2 aliphatic heterocycles. The predicted molar refractivity (Wildman–Crippen MR) is 167 cm³/mol. The smallest absolute Gasteiger partial charge is 0.756 e. The molecule has 0 spiro atoms. The fourth-order valence-electron chi connectivity index (χ4n) is 5.41. The monoisotopic (exact) mass is 952 g/mol. The van der Waals surface area contributed by atoms with Crippen LogP contribution in [0, 0.1) is 0 Å². The summed E-state index contributed by atoms with van der Waals surface area (Å²) in [5.74, 6) is 0.607. The third kappa shape index (κ3) is 13.1. The second-order valence-electron chi connectivity index (χ2n) is 11.3. The van der Waals surface area contributed by atoms with E-state index in [1.807, 2.05) is 0 Å². The second-order valence-corrected chi connectivity index (χ2v) is 17.4. The number of fused-ring (bicyclic) bond motifs is 2. The van der Waals surface area contributed by atoms with Crippen LogP contribution >= 0.6 is 31.3 Å². The van der Waals surface area contributed by atoms with Crippen LogP contribution in [0.2, 0.25) is 0 Å². The largest absolute Gasteiger partial charge is 1.00 e. The number of nitrogens with zero attached hydrogens (tertiary/aromatic N) is 8. The molecule has 0 bridgehead atoms. The molecule has 2 fully saturated rings. The Kier molecular flexibility index (Phi) is 21.4. The molecule has 59 heavy (non-hydrogen) atoms. The van der Waals surface area contributed by atoms with Gasteiger partial charge in [0.25, 0.3) is 31.3 Å². The Morgan fingerprint density at radius 3 is 1.27 bits per heavy atom. The Bertz CT molecular complexity index is 2100. The van der Waals surface area contributed by atoms with Gasteiger partial charge in [-0.3, -0.25) is 27.4 Å². The molecule has 29 nitrogen and oxygen atoms in total. The van der Waals surface area contributed by atoms with Crippen LogP contribution in [-0.2, 0) is 49.7 Å². The molecule has 4 aromatic rings. The van der Waals surface area contributed by atoms with Crippen LogP contribution in [0.5, 0.6) is 0 Å². The maximum absolute atomic E-state index is 12.3. The minimum Gasteiger partial charge on any atom is -0.756 e. The molecule has 6 rings (SSSR count). The predicted octanol–water partition coefficient (Wildman–Crippen LogP) is -16.0. The van der Waals surface area contributed by atoms with Crippen LogP contribution in [-0.4, -0.2) is 123 Å². The average molecular weight is 952 g/mol. The number of imidazole rings is 2. The van der Waals surface area contributed by atoms with Gasteiger partial charge in [0.2, 0.25) is 0 Å². The molecular weight excluding hydrogens is 924 g/mol. The Balaban J connectivity index is 0.00000300. The van der Waals surface area contributed by atoms with Crippen molar-refractivity contribution in [3.05, 3.63) is 25.3 Å². The summed E-state index contributed by atoms with van der Waals surface area (Å²) < 4.78 is 81.9. The van der Waals surface area contributed by atoms with Crippen molar-refractivity contribution < 1.29 is 208 Å². The van der Waals surface area contributed by atoms with Gasteiger partial charge in [-0.05, 0) is 0 Å². The molecule has 2 aliphatic rings. The van der Waals surface area contributed by atoms with Crippen LogP contribution in [0.3, 0.4) is 0 Å². The molecule has 6 N–H and O–H groups in total. The van der Waals surface area contributed by atoms with Gasteiger partial charge in [0.1, 0.15) is 60.3 Å². The number of aliphatic hydroxyl groups is 4. The van der Waals surface area contributed by atoms with Gasteiger partial charge in [0.05, 0.1) is 25.9 Å². The van der Waals surface area contributed by atoms with E-state index in [1.54, 1.807) is 14.1 Å². The molecule has 37 heteroatoms. The van der Waals surface area contributed by atoms with Crippen molar-refractivity contribution in [2.75, 3.05) is 37.9 Å². The number of nitrogens with one attached hydrogen (secondary N) is 2. The second kappa shape index (κ2) is 22.5. The van der Waals surface area contributed by atoms with Crippen molar-refractivity contribution in [1.82, 2.24) is 39.0 Å². The summed E-state index contributed by atoms with van der Waals surface area (Å²) in [6.45, 7) is -2.42. The van der Waals surface area contributed by atoms with E-state index in [1.165, 1.54) is 21.8 Å². The summed E-state index contributed by atoms with van der Waals surface area (Å²) >= 11 is 0. The van der Waals surface area contributed by atoms with Gasteiger partial charge in [-0.2, -0.15) is 0 Å². The van der Waals surface area contributed by atoms with E-state index < -0.39 is 93.6 Å². The third-order valence-corrected chi connectivity index (χ3v) is 13.5. The molecule has 6 heterocycles. The Morgan fingerprint density at radius 2 is 0.932 bits per heavy atom. The molecule has 4 aromatic heterocycles. The number of phosphoric acid groups is 4. The maximum Gasteiger partial charge on any atom is 1.00 e. The Labute approximate surface area is 419 Å². The molecule has 304 valence electrons. The molecule has 0 aromatic carbocycles. The first-order chi connectivity index (χ1) is 25.8. The van der Waals surface area contributed by atoms with Crippen LogP contribution < -0.4 is 148 Å². The van der Waals surface area contributed by atoms with Gasteiger partial charge in [-0.15, -0.1) is 0 Å². The molecule has 4 unspecified atom stereocenters. The number of hydrogen-bond donors (Lipinski definition) is 6. The molecule has 2 saturated heterocycles. The molecular formula is C22H28N10Na4O19P4. The zero-order valence-electron chi connectivity index (χ0n) is 31.6. The quantitative estimate of drug-likeness (QED) is 0.0448. The van der Waals surface area contributed by atoms with Crippen molar-refractivity contribution in [1.29, 1.82) is 0 Å². The SMILES string of the molecule is CNc1ncnc2c1ncn2[C@@H]1O[C@H](COP(=O)([O-])OP(=O)([O-])OP(=O)([O-])OP(=O)([O-])OC[C@H]2O[C@@H](n3cnc4c(NC)ncnc43)[C@H](O)[C@@H]2O)[C@@H](O)[C@H]1O.[Na+].[Na+].[Na+].[Na+]. The molecule has 0 saturated carbocycles. The van der Waals surface area contributed by atoms with Crippen LogP contribution in [0.4, 0.5) is 11.6 Å². The van der Waals surface area contributed by atoms with E-state index in [9.17, 15) is 58.3 Å². The topological polar surface area (TPSA) is 417 Å². The number of anilines is 2. The normalized spacial score (nSPS) is 28.1. The zero-order valence-corrected chi connectivity index (χ0v) is 43.2. The first-order valence-electron chi connectivity index (χ1n) is 15.2. The molecule has 0 radical (unpaired) electrons. The van der Waals surface area contributed by atoms with Gasteiger partial charge in [0, 0.05) is 14.1 Å². The van der Waals surface area contributed by atoms with E-state index in [0.29, 0.717) is 11.6 Å². The van der Waals surface area contributed by atoms with Gasteiger partial charge >= 0.3 is 118 Å². The zero-order chi connectivity index (χ0) is 40.1. The van der Waals surface area contributed by atoms with Gasteiger partial charge in [-0.1, -0.05) is 0 Å². The van der Waals surface area contributed by atoms with Crippen molar-refractivity contribution >= 4 is 65.3 Å². The Morgan fingerprint density at radius 1 is 0.593 bits per heavy atom. The number of aliphatic hydroxyl groups excluding tert-OH is 4. The summed E-state index contributed by atoms with van der Waals surface area (Å²) in [7, 11) is -22.3. The summed E-state index contributed by atoms with van der Waals surface area (Å²) in [4.78, 5) is 73.1. The van der Waals surface area contributed by atoms with Crippen LogP contribution in [0.15, 0.2) is 25.3 Å². The van der Waals surface area contributed by atoms with Gasteiger partial charge in [-0.25, -0.2) is 42.8 Å². The molecule has 12 atom stereocenters. The summed E-state index contributed by atoms with van der Waals surface area (Å²) in [5.41, 5.74) is 0.751. The molecule has 0 amide bonds. The van der Waals surface area contributed by atoms with Crippen molar-refractivity contribution in [2.45, 2.75) is 49.1 Å².